The van der Waals surface area contributed by atoms with E-state index in [1.807, 2.05) is 0 Å². The Bertz CT molecular complexity index is 359. The van der Waals surface area contributed by atoms with E-state index < -0.39 is 0 Å². The van der Waals surface area contributed by atoms with Gasteiger partial charge in [0, 0.05) is 18.6 Å². The van der Waals surface area contributed by atoms with Gasteiger partial charge in [0.2, 0.25) is 0 Å². The molecule has 0 aliphatic rings. The number of alkyl halides is 1. The standard InChI is InChI=1S/C8H10ClN3O/c9-4-1-2-5-12-6-3-7(10)11-8(12)13/h1-3,6H,4-5H2,(H2,10,11,13)/b2-1+. The molecular weight excluding hydrogens is 190 g/mol. The molecule has 0 aliphatic carbocycles. The van der Waals surface area contributed by atoms with Crippen LogP contribution in [0.3, 0.4) is 0 Å². The molecule has 0 amide bonds. The Kier molecular flexibility index (Phi) is 3.52. The van der Waals surface area contributed by atoms with E-state index in [1.54, 1.807) is 24.4 Å². The van der Waals surface area contributed by atoms with Gasteiger partial charge in [-0.05, 0) is 6.07 Å². The lowest BCUT2D eigenvalue weighted by molar-refractivity contribution is 0.745. The highest BCUT2D eigenvalue weighted by Crippen LogP contribution is 1.90. The number of allylic oxidation sites excluding steroid dienone is 2. The minimum atomic E-state index is -0.348. The fourth-order valence-corrected chi connectivity index (χ4v) is 0.958. The fraction of sp³-hybridized carbons (Fsp3) is 0.250. The van der Waals surface area contributed by atoms with Crippen molar-refractivity contribution in [3.05, 3.63) is 34.9 Å². The first-order valence-electron chi connectivity index (χ1n) is 3.78. The van der Waals surface area contributed by atoms with Crippen LogP contribution in [0.4, 0.5) is 5.82 Å². The van der Waals surface area contributed by atoms with Crippen LogP contribution in [-0.2, 0) is 6.54 Å². The number of halogens is 1. The SMILES string of the molecule is Nc1ccn(C/C=C/CCl)c(=O)n1. The maximum absolute atomic E-state index is 11.1. The smallest absolute Gasteiger partial charge is 0.349 e. The Labute approximate surface area is 80.7 Å². The number of nitrogens with two attached hydrogens (primary N) is 1. The van der Waals surface area contributed by atoms with E-state index in [9.17, 15) is 4.79 Å². The van der Waals surface area contributed by atoms with E-state index in [2.05, 4.69) is 4.98 Å². The summed E-state index contributed by atoms with van der Waals surface area (Å²) in [6.45, 7) is 0.471. The molecule has 2 N–H and O–H groups in total. The number of rotatable bonds is 3. The second-order valence-corrected chi connectivity index (χ2v) is 2.72. The molecule has 0 aliphatic heterocycles. The largest absolute Gasteiger partial charge is 0.383 e. The molecule has 1 aromatic heterocycles. The minimum Gasteiger partial charge on any atom is -0.383 e. The van der Waals surface area contributed by atoms with Crippen molar-refractivity contribution in [1.82, 2.24) is 9.55 Å². The van der Waals surface area contributed by atoms with Gasteiger partial charge in [-0.2, -0.15) is 4.98 Å². The highest BCUT2D eigenvalue weighted by Gasteiger charge is 1.93. The van der Waals surface area contributed by atoms with Gasteiger partial charge in [0.1, 0.15) is 5.82 Å². The van der Waals surface area contributed by atoms with Crippen LogP contribution in [0.2, 0.25) is 0 Å². The van der Waals surface area contributed by atoms with Gasteiger partial charge in [0.05, 0.1) is 0 Å². The second-order valence-electron chi connectivity index (χ2n) is 2.41. The summed E-state index contributed by atoms with van der Waals surface area (Å²) in [6, 6.07) is 1.58. The molecule has 13 heavy (non-hydrogen) atoms. The van der Waals surface area contributed by atoms with E-state index in [1.165, 1.54) is 4.57 Å². The average molecular weight is 200 g/mol. The van der Waals surface area contributed by atoms with Crippen LogP contribution in [0.5, 0.6) is 0 Å². The van der Waals surface area contributed by atoms with Gasteiger partial charge in [-0.15, -0.1) is 11.6 Å². The predicted octanol–water partition coefficient (Wildman–Crippen LogP) is 0.620. The molecule has 70 valence electrons. The summed E-state index contributed by atoms with van der Waals surface area (Å²) in [5.74, 6) is 0.680. The molecule has 0 spiro atoms. The summed E-state index contributed by atoms with van der Waals surface area (Å²) >= 11 is 5.42. The number of nitrogens with zero attached hydrogens (tertiary/aromatic N) is 2. The van der Waals surface area contributed by atoms with Crippen molar-refractivity contribution in [1.29, 1.82) is 0 Å². The maximum Gasteiger partial charge on any atom is 0.349 e. The number of hydrogen-bond donors (Lipinski definition) is 1. The summed E-state index contributed by atoms with van der Waals surface area (Å²) in [6.07, 6.45) is 5.17. The van der Waals surface area contributed by atoms with Gasteiger partial charge in [-0.1, -0.05) is 12.2 Å². The molecule has 0 saturated carbocycles. The van der Waals surface area contributed by atoms with Gasteiger partial charge in [-0.25, -0.2) is 4.79 Å². The number of anilines is 1. The van der Waals surface area contributed by atoms with Gasteiger partial charge >= 0.3 is 5.69 Å². The summed E-state index contributed by atoms with van der Waals surface area (Å²) in [5, 5.41) is 0. The Morgan fingerprint density at radius 3 is 3.00 bits per heavy atom. The Morgan fingerprint density at radius 2 is 2.38 bits per heavy atom. The van der Waals surface area contributed by atoms with E-state index >= 15 is 0 Å². The molecule has 1 heterocycles. The second kappa shape index (κ2) is 4.67. The van der Waals surface area contributed by atoms with Crippen LogP contribution >= 0.6 is 11.6 Å². The molecule has 4 nitrogen and oxygen atoms in total. The first-order chi connectivity index (χ1) is 6.24. The Morgan fingerprint density at radius 1 is 1.62 bits per heavy atom. The molecule has 0 fully saturated rings. The highest BCUT2D eigenvalue weighted by atomic mass is 35.5. The molecule has 5 heteroatoms. The van der Waals surface area contributed by atoms with Crippen LogP contribution in [0.1, 0.15) is 0 Å². The summed E-state index contributed by atoms with van der Waals surface area (Å²) in [5.41, 5.74) is 4.97. The number of aromatic nitrogens is 2. The monoisotopic (exact) mass is 199 g/mol. The van der Waals surface area contributed by atoms with Crippen LogP contribution in [0.15, 0.2) is 29.2 Å². The highest BCUT2D eigenvalue weighted by molar-refractivity contribution is 6.18. The van der Waals surface area contributed by atoms with E-state index in [0.717, 1.165) is 0 Å². The number of hydrogen-bond acceptors (Lipinski definition) is 3. The topological polar surface area (TPSA) is 60.9 Å². The first kappa shape index (κ1) is 9.80. The quantitative estimate of drug-likeness (QED) is 0.574. The van der Waals surface area contributed by atoms with Crippen LogP contribution < -0.4 is 11.4 Å². The molecule has 0 atom stereocenters. The van der Waals surface area contributed by atoms with Crippen LogP contribution in [-0.4, -0.2) is 15.4 Å². The minimum absolute atomic E-state index is 0.238. The Balaban J connectivity index is 2.78. The molecule has 0 bridgehead atoms. The normalized spacial score (nSPS) is 10.8. The van der Waals surface area contributed by atoms with Gasteiger partial charge in [-0.3, -0.25) is 4.57 Å². The van der Waals surface area contributed by atoms with Gasteiger partial charge < -0.3 is 5.73 Å². The predicted molar refractivity (Wildman–Crippen MR) is 52.8 cm³/mol. The maximum atomic E-state index is 11.1. The van der Waals surface area contributed by atoms with E-state index in [-0.39, 0.29) is 11.5 Å². The Hall–Kier alpha value is -1.29. The van der Waals surface area contributed by atoms with Crippen molar-refractivity contribution in [2.75, 3.05) is 11.6 Å². The molecule has 0 saturated heterocycles. The molecule has 1 rings (SSSR count). The lowest BCUT2D eigenvalue weighted by Crippen LogP contribution is -2.22. The fourth-order valence-electron chi connectivity index (χ4n) is 0.832. The third-order valence-electron chi connectivity index (χ3n) is 1.45. The lowest BCUT2D eigenvalue weighted by atomic mass is 10.5. The van der Waals surface area contributed by atoms with Gasteiger partial charge in [0.15, 0.2) is 0 Å². The molecule has 0 aromatic carbocycles. The van der Waals surface area contributed by atoms with E-state index in [4.69, 9.17) is 17.3 Å². The zero-order chi connectivity index (χ0) is 9.68. The zero-order valence-corrected chi connectivity index (χ0v) is 7.74. The van der Waals surface area contributed by atoms with Crippen molar-refractivity contribution in [2.24, 2.45) is 0 Å². The average Bonchev–Trinajstić information content (AvgIpc) is 2.09. The number of nitrogen functional groups attached to an aromatic ring is 1. The van der Waals surface area contributed by atoms with Crippen molar-refractivity contribution in [2.45, 2.75) is 6.54 Å². The van der Waals surface area contributed by atoms with Crippen LogP contribution in [0, 0.1) is 0 Å². The van der Waals surface area contributed by atoms with E-state index in [0.29, 0.717) is 12.4 Å². The third-order valence-corrected chi connectivity index (χ3v) is 1.63. The first-order valence-corrected chi connectivity index (χ1v) is 4.31. The van der Waals surface area contributed by atoms with Crippen molar-refractivity contribution in [3.8, 4) is 0 Å². The van der Waals surface area contributed by atoms with Crippen LogP contribution in [0.25, 0.3) is 0 Å². The molecule has 0 radical (unpaired) electrons. The third kappa shape index (κ3) is 2.91. The summed E-state index contributed by atoms with van der Waals surface area (Å²) in [7, 11) is 0. The van der Waals surface area contributed by atoms with Crippen molar-refractivity contribution >= 4 is 17.4 Å². The van der Waals surface area contributed by atoms with Crippen molar-refractivity contribution in [3.63, 3.8) is 0 Å². The van der Waals surface area contributed by atoms with Crippen molar-refractivity contribution < 1.29 is 0 Å². The molecule has 0 unspecified atom stereocenters. The molecular formula is C8H10ClN3O. The lowest BCUT2D eigenvalue weighted by Gasteiger charge is -1.99. The summed E-state index contributed by atoms with van der Waals surface area (Å²) in [4.78, 5) is 14.7. The summed E-state index contributed by atoms with van der Waals surface area (Å²) < 4.78 is 1.44. The molecule has 1 aromatic rings. The van der Waals surface area contributed by atoms with Gasteiger partial charge in [0.25, 0.3) is 0 Å². The zero-order valence-electron chi connectivity index (χ0n) is 6.98.